The minimum Gasteiger partial charge on any atom is -0.394 e. The topological polar surface area (TPSA) is 47.6 Å². The molecule has 0 aliphatic heterocycles. The van der Waals surface area contributed by atoms with Crippen LogP contribution in [0.25, 0.3) is 0 Å². The van der Waals surface area contributed by atoms with Crippen molar-refractivity contribution in [3.05, 3.63) is 29.1 Å². The zero-order valence-electron chi connectivity index (χ0n) is 13.4. The number of nitrogens with two attached hydrogens (primary N) is 1. The maximum absolute atomic E-state index is 14.0. The van der Waals surface area contributed by atoms with Gasteiger partial charge in [0.05, 0.1) is 11.3 Å². The largest absolute Gasteiger partial charge is 0.398 e. The van der Waals surface area contributed by atoms with Crippen molar-refractivity contribution >= 4 is 17.6 Å². The van der Waals surface area contributed by atoms with Crippen molar-refractivity contribution in [2.45, 2.75) is 38.8 Å². The molecule has 0 saturated heterocycles. The minimum absolute atomic E-state index is 0.0748. The number of nitrogens with zero attached hydrogens (tertiary/aromatic N) is 1. The molecule has 0 saturated carbocycles. The molecule has 0 aliphatic carbocycles. The van der Waals surface area contributed by atoms with Crippen LogP contribution in [0.2, 0.25) is 0 Å². The van der Waals surface area contributed by atoms with Gasteiger partial charge >= 0.3 is 6.18 Å². The molecule has 8 heteroatoms. The summed E-state index contributed by atoms with van der Waals surface area (Å²) in [5.74, 6) is -1.92. The number of rotatable bonds is 5. The fraction of sp³-hybridized carbons (Fsp3) is 0.533. The summed E-state index contributed by atoms with van der Waals surface area (Å²) in [7, 11) is 0. The lowest BCUT2D eigenvalue weighted by Gasteiger charge is -2.16. The number of aryl methyl sites for hydroxylation is 1. The molecule has 0 atom stereocenters. The SMILES string of the molecule is Cc1cc(F)c(/C(N)=N/OCC(C)(C)C)cc1SCC(F)(F)F. The van der Waals surface area contributed by atoms with Crippen molar-refractivity contribution in [1.29, 1.82) is 0 Å². The smallest absolute Gasteiger partial charge is 0.394 e. The van der Waals surface area contributed by atoms with Gasteiger partial charge in [-0.3, -0.25) is 0 Å². The Kier molecular flexibility index (Phi) is 6.33. The predicted molar refractivity (Wildman–Crippen MR) is 84.0 cm³/mol. The normalized spacial score (nSPS) is 13.3. The van der Waals surface area contributed by atoms with Gasteiger partial charge in [0.1, 0.15) is 12.4 Å². The third-order valence-corrected chi connectivity index (χ3v) is 3.81. The summed E-state index contributed by atoms with van der Waals surface area (Å²) in [6, 6.07) is 2.40. The first-order valence-corrected chi connectivity index (χ1v) is 7.83. The maximum Gasteiger partial charge on any atom is 0.398 e. The molecule has 0 amide bonds. The van der Waals surface area contributed by atoms with E-state index in [0.29, 0.717) is 22.2 Å². The highest BCUT2D eigenvalue weighted by molar-refractivity contribution is 7.99. The van der Waals surface area contributed by atoms with E-state index in [4.69, 9.17) is 10.6 Å². The monoisotopic (exact) mass is 352 g/mol. The first kappa shape index (κ1) is 19.6. The Morgan fingerprint density at radius 2 is 1.87 bits per heavy atom. The molecule has 1 rings (SSSR count). The van der Waals surface area contributed by atoms with Crippen molar-refractivity contribution in [1.82, 2.24) is 0 Å². The van der Waals surface area contributed by atoms with Crippen molar-refractivity contribution < 1.29 is 22.4 Å². The van der Waals surface area contributed by atoms with Gasteiger partial charge in [-0.25, -0.2) is 4.39 Å². The van der Waals surface area contributed by atoms with E-state index in [-0.39, 0.29) is 23.4 Å². The van der Waals surface area contributed by atoms with Gasteiger partial charge in [-0.1, -0.05) is 25.9 Å². The van der Waals surface area contributed by atoms with E-state index in [9.17, 15) is 17.6 Å². The van der Waals surface area contributed by atoms with Gasteiger partial charge in [-0.05, 0) is 30.0 Å². The van der Waals surface area contributed by atoms with Crippen LogP contribution in [0.1, 0.15) is 31.9 Å². The van der Waals surface area contributed by atoms with Crippen LogP contribution in [0.3, 0.4) is 0 Å². The lowest BCUT2D eigenvalue weighted by Crippen LogP contribution is -2.19. The number of alkyl halides is 3. The number of halogens is 4. The summed E-state index contributed by atoms with van der Waals surface area (Å²) in [4.78, 5) is 5.36. The quantitative estimate of drug-likeness (QED) is 0.280. The summed E-state index contributed by atoms with van der Waals surface area (Å²) >= 11 is 0.579. The van der Waals surface area contributed by atoms with Crippen LogP contribution in [0.5, 0.6) is 0 Å². The third kappa shape index (κ3) is 7.11. The Morgan fingerprint density at radius 1 is 1.26 bits per heavy atom. The first-order chi connectivity index (χ1) is 10.4. The summed E-state index contributed by atoms with van der Waals surface area (Å²) < 4.78 is 50.9. The highest BCUT2D eigenvalue weighted by Gasteiger charge is 2.28. The molecule has 3 nitrogen and oxygen atoms in total. The van der Waals surface area contributed by atoms with Crippen LogP contribution >= 0.6 is 11.8 Å². The van der Waals surface area contributed by atoms with E-state index in [1.807, 2.05) is 20.8 Å². The van der Waals surface area contributed by atoms with Crippen LogP contribution in [0.15, 0.2) is 22.2 Å². The molecular weight excluding hydrogens is 332 g/mol. The number of benzene rings is 1. The van der Waals surface area contributed by atoms with Gasteiger partial charge in [0.15, 0.2) is 5.84 Å². The Labute approximate surface area is 137 Å². The standard InChI is InChI=1S/C15H20F4N2OS/c1-9-5-11(16)10(6-12(9)23-8-15(17,18)19)13(20)21-22-7-14(2,3)4/h5-6H,7-8H2,1-4H3,(H2,20,21). The van der Waals surface area contributed by atoms with Crippen molar-refractivity contribution in [3.8, 4) is 0 Å². The average Bonchev–Trinajstić information content (AvgIpc) is 2.34. The van der Waals surface area contributed by atoms with Gasteiger partial charge in [0, 0.05) is 4.90 Å². The Bertz CT molecular complexity index is 580. The zero-order valence-corrected chi connectivity index (χ0v) is 14.2. The maximum atomic E-state index is 14.0. The molecule has 1 aromatic rings. The second-order valence-corrected chi connectivity index (χ2v) is 7.33. The molecule has 1 aromatic carbocycles. The molecule has 0 spiro atoms. The summed E-state index contributed by atoms with van der Waals surface area (Å²) in [6.45, 7) is 7.59. The highest BCUT2D eigenvalue weighted by atomic mass is 32.2. The summed E-state index contributed by atoms with van der Waals surface area (Å²) in [5, 5.41) is 3.64. The van der Waals surface area contributed by atoms with Gasteiger partial charge in [0.25, 0.3) is 0 Å². The molecule has 0 unspecified atom stereocenters. The molecular formula is C15H20F4N2OS. The molecule has 2 N–H and O–H groups in total. The third-order valence-electron chi connectivity index (χ3n) is 2.59. The molecule has 0 heterocycles. The van der Waals surface area contributed by atoms with Crippen molar-refractivity contribution in [3.63, 3.8) is 0 Å². The number of oxime groups is 1. The molecule has 0 aliphatic rings. The van der Waals surface area contributed by atoms with E-state index >= 15 is 0 Å². The molecule has 0 aromatic heterocycles. The number of amidine groups is 1. The van der Waals surface area contributed by atoms with Crippen LogP contribution < -0.4 is 5.73 Å². The van der Waals surface area contributed by atoms with Crippen molar-refractivity contribution in [2.24, 2.45) is 16.3 Å². The Balaban J connectivity index is 2.95. The van der Waals surface area contributed by atoms with Crippen molar-refractivity contribution in [2.75, 3.05) is 12.4 Å². The van der Waals surface area contributed by atoms with Crippen LogP contribution in [-0.2, 0) is 4.84 Å². The second kappa shape index (κ2) is 7.42. The lowest BCUT2D eigenvalue weighted by atomic mass is 9.99. The van der Waals surface area contributed by atoms with E-state index in [1.54, 1.807) is 0 Å². The lowest BCUT2D eigenvalue weighted by molar-refractivity contribution is -0.105. The average molecular weight is 352 g/mol. The van der Waals surface area contributed by atoms with Gasteiger partial charge < -0.3 is 10.6 Å². The molecule has 23 heavy (non-hydrogen) atoms. The predicted octanol–water partition coefficient (Wildman–Crippen LogP) is 4.47. The van der Waals surface area contributed by atoms with E-state index < -0.39 is 17.7 Å². The minimum atomic E-state index is -4.30. The molecule has 0 radical (unpaired) electrons. The molecule has 130 valence electrons. The first-order valence-electron chi connectivity index (χ1n) is 6.84. The van der Waals surface area contributed by atoms with E-state index in [0.717, 1.165) is 6.07 Å². The van der Waals surface area contributed by atoms with Gasteiger partial charge in [-0.15, -0.1) is 11.8 Å². The Hall–Kier alpha value is -1.44. The molecule has 0 fully saturated rings. The fourth-order valence-electron chi connectivity index (χ4n) is 1.51. The van der Waals surface area contributed by atoms with Crippen LogP contribution in [0, 0.1) is 18.2 Å². The van der Waals surface area contributed by atoms with E-state index in [2.05, 4.69) is 5.16 Å². The summed E-state index contributed by atoms with van der Waals surface area (Å²) in [6.07, 6.45) is -4.30. The molecule has 0 bridgehead atoms. The Morgan fingerprint density at radius 3 is 2.39 bits per heavy atom. The number of hydrogen-bond acceptors (Lipinski definition) is 3. The number of hydrogen-bond donors (Lipinski definition) is 1. The van der Waals surface area contributed by atoms with E-state index in [1.165, 1.54) is 13.0 Å². The zero-order chi connectivity index (χ0) is 17.8. The van der Waals surface area contributed by atoms with Crippen LogP contribution in [0.4, 0.5) is 17.6 Å². The van der Waals surface area contributed by atoms with Gasteiger partial charge in [0.2, 0.25) is 0 Å². The number of thioether (sulfide) groups is 1. The van der Waals surface area contributed by atoms with Gasteiger partial charge in [-0.2, -0.15) is 13.2 Å². The highest BCUT2D eigenvalue weighted by Crippen LogP contribution is 2.31. The summed E-state index contributed by atoms with van der Waals surface area (Å²) in [5.41, 5.74) is 5.86. The van der Waals surface area contributed by atoms with Crippen LogP contribution in [-0.4, -0.2) is 24.4 Å². The fourth-order valence-corrected chi connectivity index (χ4v) is 2.32. The second-order valence-electron chi connectivity index (χ2n) is 6.31.